The highest BCUT2D eigenvalue weighted by Crippen LogP contribution is 2.24. The predicted octanol–water partition coefficient (Wildman–Crippen LogP) is 0.340. The highest BCUT2D eigenvalue weighted by molar-refractivity contribution is 6.24. The number of hydrogen-bond donors (Lipinski definition) is 2. The van der Waals surface area contributed by atoms with Crippen molar-refractivity contribution in [3.63, 3.8) is 0 Å². The van der Waals surface area contributed by atoms with Gasteiger partial charge in [-0.2, -0.15) is 0 Å². The van der Waals surface area contributed by atoms with Crippen LogP contribution in [0.2, 0.25) is 0 Å². The summed E-state index contributed by atoms with van der Waals surface area (Å²) in [5.41, 5.74) is 0. The number of hydrogen-bond acceptors (Lipinski definition) is 2. The lowest BCUT2D eigenvalue weighted by molar-refractivity contribution is 0.215. The number of nitrogens with one attached hydrogen (secondary N) is 1. The van der Waals surface area contributed by atoms with Crippen molar-refractivity contribution in [3.05, 3.63) is 0 Å². The van der Waals surface area contributed by atoms with Gasteiger partial charge in [0.15, 0.2) is 0 Å². The van der Waals surface area contributed by atoms with E-state index in [0.29, 0.717) is 0 Å². The van der Waals surface area contributed by atoms with Gasteiger partial charge >= 0.3 is 0 Å². The summed E-state index contributed by atoms with van der Waals surface area (Å²) in [4.78, 5) is -0.314. The molecule has 0 aromatic heterocycles. The monoisotopic (exact) mass is 149 g/mol. The van der Waals surface area contributed by atoms with Crippen molar-refractivity contribution in [1.29, 1.82) is 0 Å². The van der Waals surface area contributed by atoms with E-state index in [9.17, 15) is 0 Å². The molecule has 2 nitrogen and oxygen atoms in total. The Balaban J connectivity index is 2.37. The molecular weight excluding hydrogens is 138 g/mol. The van der Waals surface area contributed by atoms with Gasteiger partial charge in [0.1, 0.15) is 0 Å². The Hall–Kier alpha value is 0.210. The number of alkyl halides is 1. The van der Waals surface area contributed by atoms with Gasteiger partial charge in [0.25, 0.3) is 0 Å². The number of halogens is 1. The Kier molecular flexibility index (Phi) is 2.33. The van der Waals surface area contributed by atoms with Crippen LogP contribution in [-0.4, -0.2) is 29.7 Å². The van der Waals surface area contributed by atoms with Crippen LogP contribution in [0.1, 0.15) is 12.8 Å². The predicted molar refractivity (Wildman–Crippen MR) is 37.8 cm³/mol. The van der Waals surface area contributed by atoms with Crippen LogP contribution in [0.4, 0.5) is 0 Å². The van der Waals surface area contributed by atoms with Crippen molar-refractivity contribution in [3.8, 4) is 0 Å². The van der Waals surface area contributed by atoms with Crippen molar-refractivity contribution in [2.75, 3.05) is 19.7 Å². The van der Waals surface area contributed by atoms with Gasteiger partial charge in [-0.1, -0.05) is 0 Å². The van der Waals surface area contributed by atoms with E-state index >= 15 is 0 Å². The third-order valence-corrected chi connectivity index (χ3v) is 2.28. The van der Waals surface area contributed by atoms with Crippen LogP contribution >= 0.6 is 11.6 Å². The molecule has 2 N–H and O–H groups in total. The first-order valence-electron chi connectivity index (χ1n) is 3.27. The first kappa shape index (κ1) is 7.32. The maximum atomic E-state index is 8.79. The summed E-state index contributed by atoms with van der Waals surface area (Å²) in [7, 11) is 0. The second-order valence-electron chi connectivity index (χ2n) is 2.56. The average molecular weight is 150 g/mol. The second kappa shape index (κ2) is 2.86. The summed E-state index contributed by atoms with van der Waals surface area (Å²) in [5, 5.41) is 12.0. The number of piperidine rings is 1. The van der Waals surface area contributed by atoms with Gasteiger partial charge in [-0.3, -0.25) is 0 Å². The van der Waals surface area contributed by atoms with Crippen molar-refractivity contribution < 1.29 is 5.11 Å². The van der Waals surface area contributed by atoms with Crippen LogP contribution in [0, 0.1) is 0 Å². The molecule has 3 heteroatoms. The third-order valence-electron chi connectivity index (χ3n) is 1.78. The largest absolute Gasteiger partial charge is 0.395 e. The first-order valence-corrected chi connectivity index (χ1v) is 3.65. The molecule has 1 fully saturated rings. The molecule has 1 aliphatic rings. The minimum Gasteiger partial charge on any atom is -0.395 e. The molecular formula is C6H12ClNO. The van der Waals surface area contributed by atoms with Crippen LogP contribution in [-0.2, 0) is 0 Å². The topological polar surface area (TPSA) is 32.3 Å². The summed E-state index contributed by atoms with van der Waals surface area (Å²) in [6, 6.07) is 0. The molecule has 0 aromatic rings. The van der Waals surface area contributed by atoms with Gasteiger partial charge in [0, 0.05) is 0 Å². The lowest BCUT2D eigenvalue weighted by Gasteiger charge is -2.29. The smallest absolute Gasteiger partial charge is 0.0700 e. The zero-order valence-corrected chi connectivity index (χ0v) is 6.12. The fourth-order valence-electron chi connectivity index (χ4n) is 1.03. The molecule has 9 heavy (non-hydrogen) atoms. The fourth-order valence-corrected chi connectivity index (χ4v) is 1.22. The van der Waals surface area contributed by atoms with Crippen LogP contribution in [0.15, 0.2) is 0 Å². The minimum absolute atomic E-state index is 0.107. The van der Waals surface area contributed by atoms with Gasteiger partial charge in [-0.15, -0.1) is 11.6 Å². The van der Waals surface area contributed by atoms with Crippen molar-refractivity contribution >= 4 is 11.6 Å². The normalized spacial score (nSPS) is 26.0. The molecule has 0 amide bonds. The molecule has 0 spiro atoms. The molecule has 0 saturated carbocycles. The number of aliphatic hydroxyl groups excluding tert-OH is 1. The van der Waals surface area contributed by atoms with E-state index in [-0.39, 0.29) is 11.5 Å². The Morgan fingerprint density at radius 3 is 2.33 bits per heavy atom. The zero-order valence-electron chi connectivity index (χ0n) is 5.36. The van der Waals surface area contributed by atoms with Crippen LogP contribution in [0.3, 0.4) is 0 Å². The molecule has 0 bridgehead atoms. The lowest BCUT2D eigenvalue weighted by Crippen LogP contribution is -2.40. The molecule has 0 unspecified atom stereocenters. The van der Waals surface area contributed by atoms with Crippen LogP contribution in [0.25, 0.3) is 0 Å². The Morgan fingerprint density at radius 1 is 1.44 bits per heavy atom. The molecule has 1 saturated heterocycles. The highest BCUT2D eigenvalue weighted by Gasteiger charge is 2.27. The Bertz CT molecular complexity index is 91.1. The molecule has 0 aromatic carbocycles. The molecule has 0 atom stereocenters. The Labute approximate surface area is 60.2 Å². The first-order chi connectivity index (χ1) is 4.27. The van der Waals surface area contributed by atoms with Gasteiger partial charge in [-0.05, 0) is 25.9 Å². The summed E-state index contributed by atoms with van der Waals surface area (Å²) >= 11 is 5.97. The van der Waals surface area contributed by atoms with Gasteiger partial charge in [0.05, 0.1) is 11.5 Å². The molecule has 1 rings (SSSR count). The molecule has 54 valence electrons. The highest BCUT2D eigenvalue weighted by atomic mass is 35.5. The van der Waals surface area contributed by atoms with Crippen LogP contribution in [0.5, 0.6) is 0 Å². The van der Waals surface area contributed by atoms with Crippen molar-refractivity contribution in [2.45, 2.75) is 17.7 Å². The van der Waals surface area contributed by atoms with Crippen molar-refractivity contribution in [1.82, 2.24) is 5.32 Å². The van der Waals surface area contributed by atoms with E-state index in [2.05, 4.69) is 5.32 Å². The van der Waals surface area contributed by atoms with E-state index in [4.69, 9.17) is 16.7 Å². The number of aliphatic hydroxyl groups is 1. The second-order valence-corrected chi connectivity index (χ2v) is 3.36. The minimum atomic E-state index is -0.314. The lowest BCUT2D eigenvalue weighted by atomic mass is 9.98. The van der Waals surface area contributed by atoms with Gasteiger partial charge in [0.2, 0.25) is 0 Å². The zero-order chi connectivity index (χ0) is 6.74. The van der Waals surface area contributed by atoms with E-state index in [1.807, 2.05) is 0 Å². The van der Waals surface area contributed by atoms with E-state index < -0.39 is 0 Å². The summed E-state index contributed by atoms with van der Waals surface area (Å²) in [6.45, 7) is 1.98. The molecule has 1 aliphatic heterocycles. The SMILES string of the molecule is OCC1(Cl)CCNCC1. The van der Waals surface area contributed by atoms with Crippen molar-refractivity contribution in [2.24, 2.45) is 0 Å². The summed E-state index contributed by atoms with van der Waals surface area (Å²) < 4.78 is 0. The quantitative estimate of drug-likeness (QED) is 0.527. The van der Waals surface area contributed by atoms with Gasteiger partial charge < -0.3 is 10.4 Å². The van der Waals surface area contributed by atoms with E-state index in [1.54, 1.807) is 0 Å². The molecule has 1 heterocycles. The Morgan fingerprint density at radius 2 is 2.00 bits per heavy atom. The number of rotatable bonds is 1. The molecule has 0 radical (unpaired) electrons. The maximum Gasteiger partial charge on any atom is 0.0700 e. The summed E-state index contributed by atoms with van der Waals surface area (Å²) in [6.07, 6.45) is 1.76. The van der Waals surface area contributed by atoms with Crippen LogP contribution < -0.4 is 5.32 Å². The standard InChI is InChI=1S/C6H12ClNO/c7-6(5-9)1-3-8-4-2-6/h8-9H,1-5H2. The van der Waals surface area contributed by atoms with Gasteiger partial charge in [-0.25, -0.2) is 0 Å². The van der Waals surface area contributed by atoms with E-state index in [0.717, 1.165) is 25.9 Å². The maximum absolute atomic E-state index is 8.79. The molecule has 0 aliphatic carbocycles. The summed E-state index contributed by atoms with van der Waals surface area (Å²) in [5.74, 6) is 0. The fraction of sp³-hybridized carbons (Fsp3) is 1.00. The van der Waals surface area contributed by atoms with E-state index in [1.165, 1.54) is 0 Å². The third kappa shape index (κ3) is 1.81. The average Bonchev–Trinajstić information content (AvgIpc) is 1.90.